The molecule has 1 rings (SSSR count). The molecule has 0 spiro atoms. The number of aliphatic hydroxyl groups excluding tert-OH is 1. The maximum atomic E-state index is 11.8. The summed E-state index contributed by atoms with van der Waals surface area (Å²) in [5, 5.41) is 13.8. The molecule has 6 heteroatoms. The second-order valence-electron chi connectivity index (χ2n) is 4.33. The fraction of sp³-hybridized carbons (Fsp3) is 0.357. The summed E-state index contributed by atoms with van der Waals surface area (Å²) in [5.41, 5.74) is 0.838. The number of hydrogen-bond acceptors (Lipinski definition) is 4. The van der Waals surface area contributed by atoms with Crippen molar-refractivity contribution in [1.82, 2.24) is 15.6 Å². The van der Waals surface area contributed by atoms with E-state index >= 15 is 0 Å². The van der Waals surface area contributed by atoms with E-state index in [1.165, 1.54) is 12.4 Å². The molecule has 1 aromatic heterocycles. The molecule has 6 nitrogen and oxygen atoms in total. The molecule has 0 bridgehead atoms. The van der Waals surface area contributed by atoms with Crippen molar-refractivity contribution in [3.05, 3.63) is 29.6 Å². The van der Waals surface area contributed by atoms with Crippen LogP contribution < -0.4 is 10.6 Å². The van der Waals surface area contributed by atoms with Crippen LogP contribution in [0.5, 0.6) is 0 Å². The first-order chi connectivity index (χ1) is 9.52. The van der Waals surface area contributed by atoms with Gasteiger partial charge < -0.3 is 15.7 Å². The lowest BCUT2D eigenvalue weighted by Crippen LogP contribution is -2.39. The topological polar surface area (TPSA) is 91.3 Å². The molecule has 1 aromatic rings. The molecule has 0 aliphatic heterocycles. The Hall–Kier alpha value is -2.39. The number of pyridine rings is 1. The predicted octanol–water partition coefficient (Wildman–Crippen LogP) is -0.320. The van der Waals surface area contributed by atoms with E-state index in [-0.39, 0.29) is 25.1 Å². The minimum Gasteiger partial charge on any atom is -0.384 e. The number of hydrogen-bond donors (Lipinski definition) is 3. The second kappa shape index (κ2) is 7.92. The van der Waals surface area contributed by atoms with E-state index in [9.17, 15) is 9.59 Å². The Labute approximate surface area is 117 Å². The fourth-order valence-electron chi connectivity index (χ4n) is 1.41. The van der Waals surface area contributed by atoms with E-state index in [0.29, 0.717) is 11.1 Å². The third-order valence-electron chi connectivity index (χ3n) is 2.17. The van der Waals surface area contributed by atoms with Gasteiger partial charge in [0.1, 0.15) is 6.61 Å². The molecule has 2 amide bonds. The van der Waals surface area contributed by atoms with Crippen molar-refractivity contribution in [2.24, 2.45) is 0 Å². The van der Waals surface area contributed by atoms with Gasteiger partial charge in [-0.25, -0.2) is 0 Å². The Bertz CT molecular complexity index is 544. The summed E-state index contributed by atoms with van der Waals surface area (Å²) in [6.07, 6.45) is 2.88. The van der Waals surface area contributed by atoms with Gasteiger partial charge in [-0.05, 0) is 19.9 Å². The van der Waals surface area contributed by atoms with E-state index < -0.39 is 5.91 Å². The molecule has 0 radical (unpaired) electrons. The van der Waals surface area contributed by atoms with Gasteiger partial charge in [0.15, 0.2) is 0 Å². The predicted molar refractivity (Wildman–Crippen MR) is 73.8 cm³/mol. The van der Waals surface area contributed by atoms with Gasteiger partial charge in [0.25, 0.3) is 5.91 Å². The number of amides is 2. The van der Waals surface area contributed by atoms with Crippen LogP contribution in [0.2, 0.25) is 0 Å². The smallest absolute Gasteiger partial charge is 0.253 e. The zero-order chi connectivity index (χ0) is 15.0. The highest BCUT2D eigenvalue weighted by Crippen LogP contribution is 2.01. The molecule has 0 saturated heterocycles. The van der Waals surface area contributed by atoms with Crippen molar-refractivity contribution in [3.8, 4) is 11.8 Å². The lowest BCUT2D eigenvalue weighted by atomic mass is 10.2. The Kier molecular flexibility index (Phi) is 6.20. The molecule has 3 N–H and O–H groups in total. The van der Waals surface area contributed by atoms with Gasteiger partial charge in [0.05, 0.1) is 12.1 Å². The molecular formula is C14H17N3O3. The average molecular weight is 275 g/mol. The van der Waals surface area contributed by atoms with Crippen molar-refractivity contribution < 1.29 is 14.7 Å². The second-order valence-corrected chi connectivity index (χ2v) is 4.33. The molecule has 0 atom stereocenters. The number of aliphatic hydroxyl groups is 1. The van der Waals surface area contributed by atoms with Gasteiger partial charge in [0, 0.05) is 24.0 Å². The molecular weight excluding hydrogens is 258 g/mol. The molecule has 0 unspecified atom stereocenters. The number of nitrogens with one attached hydrogen (secondary N) is 2. The van der Waals surface area contributed by atoms with Gasteiger partial charge in [-0.3, -0.25) is 14.6 Å². The number of rotatable bonds is 4. The summed E-state index contributed by atoms with van der Waals surface area (Å²) < 4.78 is 0. The van der Waals surface area contributed by atoms with Crippen molar-refractivity contribution >= 4 is 11.8 Å². The zero-order valence-corrected chi connectivity index (χ0v) is 11.4. The van der Waals surface area contributed by atoms with Crippen LogP contribution in [0.4, 0.5) is 0 Å². The van der Waals surface area contributed by atoms with E-state index in [1.807, 2.05) is 13.8 Å². The first-order valence-corrected chi connectivity index (χ1v) is 6.15. The number of carbonyl (C=O) groups is 2. The first-order valence-electron chi connectivity index (χ1n) is 6.15. The Morgan fingerprint density at radius 1 is 1.40 bits per heavy atom. The minimum atomic E-state index is -0.399. The van der Waals surface area contributed by atoms with Crippen LogP contribution in [0, 0.1) is 11.8 Å². The van der Waals surface area contributed by atoms with E-state index in [1.54, 1.807) is 6.07 Å². The van der Waals surface area contributed by atoms with Crippen molar-refractivity contribution in [3.63, 3.8) is 0 Å². The molecule has 0 fully saturated rings. The van der Waals surface area contributed by atoms with Crippen LogP contribution >= 0.6 is 0 Å². The number of aromatic nitrogens is 1. The van der Waals surface area contributed by atoms with Crippen molar-refractivity contribution in [2.75, 3.05) is 13.2 Å². The largest absolute Gasteiger partial charge is 0.384 e. The van der Waals surface area contributed by atoms with Gasteiger partial charge in [0.2, 0.25) is 5.91 Å². The standard InChI is InChI=1S/C14H17N3O3/c1-10(2)17-13(19)9-16-14(20)12-6-11(4-3-5-18)7-15-8-12/h6-8,10,18H,5,9H2,1-2H3,(H,16,20)(H,17,19). The number of nitrogens with zero attached hydrogens (tertiary/aromatic N) is 1. The maximum Gasteiger partial charge on any atom is 0.253 e. The molecule has 0 aliphatic rings. The summed E-state index contributed by atoms with van der Waals surface area (Å²) in [4.78, 5) is 27.1. The first kappa shape index (κ1) is 15.7. The number of carbonyl (C=O) groups excluding carboxylic acids is 2. The Balaban J connectivity index is 2.61. The SMILES string of the molecule is CC(C)NC(=O)CNC(=O)c1cncc(C#CCO)c1. The molecule has 0 aliphatic carbocycles. The average Bonchev–Trinajstić information content (AvgIpc) is 2.42. The van der Waals surface area contributed by atoms with E-state index in [4.69, 9.17) is 5.11 Å². The molecule has 0 saturated carbocycles. The summed E-state index contributed by atoms with van der Waals surface area (Å²) in [5.74, 6) is 4.48. The van der Waals surface area contributed by atoms with Crippen LogP contribution in [0.1, 0.15) is 29.8 Å². The molecule has 106 valence electrons. The summed E-state index contributed by atoms with van der Waals surface area (Å²) in [6.45, 7) is 3.33. The third kappa shape index (κ3) is 5.50. The van der Waals surface area contributed by atoms with E-state index in [2.05, 4.69) is 27.5 Å². The minimum absolute atomic E-state index is 0.0261. The van der Waals surface area contributed by atoms with Crippen LogP contribution in [0.25, 0.3) is 0 Å². The molecule has 20 heavy (non-hydrogen) atoms. The van der Waals surface area contributed by atoms with Crippen molar-refractivity contribution in [2.45, 2.75) is 19.9 Å². The lowest BCUT2D eigenvalue weighted by Gasteiger charge is -2.09. The van der Waals surface area contributed by atoms with Crippen LogP contribution in [0.15, 0.2) is 18.5 Å². The van der Waals surface area contributed by atoms with Crippen LogP contribution in [0.3, 0.4) is 0 Å². The zero-order valence-electron chi connectivity index (χ0n) is 11.4. The Morgan fingerprint density at radius 3 is 2.80 bits per heavy atom. The van der Waals surface area contributed by atoms with Crippen LogP contribution in [-0.2, 0) is 4.79 Å². The normalized spacial score (nSPS) is 9.60. The van der Waals surface area contributed by atoms with Gasteiger partial charge >= 0.3 is 0 Å². The molecule has 1 heterocycles. The van der Waals surface area contributed by atoms with Gasteiger partial charge in [-0.2, -0.15) is 0 Å². The van der Waals surface area contributed by atoms with Gasteiger partial charge in [-0.15, -0.1) is 0 Å². The summed E-state index contributed by atoms with van der Waals surface area (Å²) >= 11 is 0. The van der Waals surface area contributed by atoms with Gasteiger partial charge in [-0.1, -0.05) is 11.8 Å². The maximum absolute atomic E-state index is 11.8. The highest BCUT2D eigenvalue weighted by atomic mass is 16.2. The Morgan fingerprint density at radius 2 is 2.15 bits per heavy atom. The third-order valence-corrected chi connectivity index (χ3v) is 2.17. The van der Waals surface area contributed by atoms with E-state index in [0.717, 1.165) is 0 Å². The highest BCUT2D eigenvalue weighted by Gasteiger charge is 2.09. The monoisotopic (exact) mass is 275 g/mol. The van der Waals surface area contributed by atoms with Crippen molar-refractivity contribution in [1.29, 1.82) is 0 Å². The molecule has 0 aromatic carbocycles. The fourth-order valence-corrected chi connectivity index (χ4v) is 1.41. The highest BCUT2D eigenvalue weighted by molar-refractivity contribution is 5.96. The lowest BCUT2D eigenvalue weighted by molar-refractivity contribution is -0.120. The summed E-state index contributed by atoms with van der Waals surface area (Å²) in [7, 11) is 0. The quantitative estimate of drug-likeness (QED) is 0.657. The van der Waals surface area contributed by atoms with Crippen LogP contribution in [-0.4, -0.2) is 41.1 Å². The summed E-state index contributed by atoms with van der Waals surface area (Å²) in [6, 6.07) is 1.57.